The quantitative estimate of drug-likeness (QED) is 0.600. The molecule has 0 spiro atoms. The maximum absolute atomic E-state index is 12.4. The average molecular weight is 408 g/mol. The van der Waals surface area contributed by atoms with Crippen molar-refractivity contribution in [2.45, 2.75) is 13.2 Å². The summed E-state index contributed by atoms with van der Waals surface area (Å²) in [4.78, 5) is 21.4. The summed E-state index contributed by atoms with van der Waals surface area (Å²) in [5.41, 5.74) is 3.35. The number of nitrogens with zero attached hydrogens (tertiary/aromatic N) is 3. The lowest BCUT2D eigenvalue weighted by atomic mass is 10.2. The van der Waals surface area contributed by atoms with Crippen LogP contribution in [0.15, 0.2) is 66.0 Å². The Balaban J connectivity index is 1.20. The molecule has 1 aromatic heterocycles. The van der Waals surface area contributed by atoms with Crippen molar-refractivity contribution in [2.75, 3.05) is 32.8 Å². The van der Waals surface area contributed by atoms with Gasteiger partial charge >= 0.3 is 0 Å². The van der Waals surface area contributed by atoms with Crippen LogP contribution in [0.3, 0.4) is 0 Å². The van der Waals surface area contributed by atoms with Crippen LogP contribution >= 0.6 is 11.3 Å². The van der Waals surface area contributed by atoms with Crippen molar-refractivity contribution in [2.24, 2.45) is 0 Å². The fourth-order valence-corrected chi connectivity index (χ4v) is 4.22. The molecule has 5 nitrogen and oxygen atoms in total. The van der Waals surface area contributed by atoms with Gasteiger partial charge in [0, 0.05) is 43.7 Å². The van der Waals surface area contributed by atoms with Gasteiger partial charge in [0.2, 0.25) is 5.91 Å². The topological polar surface area (TPSA) is 45.7 Å². The fourth-order valence-electron chi connectivity index (χ4n) is 3.40. The summed E-state index contributed by atoms with van der Waals surface area (Å²) in [5, 5.41) is 3.20. The van der Waals surface area contributed by atoms with E-state index < -0.39 is 0 Å². The van der Waals surface area contributed by atoms with Gasteiger partial charge in [0.15, 0.2) is 0 Å². The maximum Gasteiger partial charge on any atom is 0.248 e. The summed E-state index contributed by atoms with van der Waals surface area (Å²) >= 11 is 1.69. The summed E-state index contributed by atoms with van der Waals surface area (Å²) in [6.07, 6.45) is 0. The number of hydrogen-bond donors (Lipinski definition) is 0. The number of carbonyl (C=O) groups excluding carboxylic acids is 1. The summed E-state index contributed by atoms with van der Waals surface area (Å²) < 4.78 is 5.59. The molecule has 1 amide bonds. The van der Waals surface area contributed by atoms with E-state index in [1.54, 1.807) is 11.3 Å². The number of hydrogen-bond acceptors (Lipinski definition) is 5. The number of amides is 1. The van der Waals surface area contributed by atoms with E-state index in [9.17, 15) is 4.79 Å². The highest BCUT2D eigenvalue weighted by Crippen LogP contribution is 2.24. The molecule has 6 heteroatoms. The van der Waals surface area contributed by atoms with E-state index >= 15 is 0 Å². The van der Waals surface area contributed by atoms with E-state index in [0.717, 1.165) is 54.6 Å². The van der Waals surface area contributed by atoms with E-state index in [0.29, 0.717) is 6.61 Å². The Hall–Kier alpha value is -2.54. The van der Waals surface area contributed by atoms with Gasteiger partial charge in [-0.2, -0.15) is 0 Å². The summed E-state index contributed by atoms with van der Waals surface area (Å²) in [5.74, 6) is 0.0700. The van der Waals surface area contributed by atoms with Crippen LogP contribution in [0.4, 0.5) is 0 Å². The summed E-state index contributed by atoms with van der Waals surface area (Å²) in [7, 11) is 0. The lowest BCUT2D eigenvalue weighted by Gasteiger charge is -2.34. The molecule has 0 saturated carbocycles. The molecule has 0 N–H and O–H groups in total. The molecule has 0 unspecified atom stereocenters. The number of thiazole rings is 1. The van der Waals surface area contributed by atoms with Gasteiger partial charge in [-0.1, -0.05) is 60.7 Å². The Morgan fingerprint density at radius 2 is 1.66 bits per heavy atom. The molecule has 1 fully saturated rings. The fraction of sp³-hybridized carbons (Fsp3) is 0.304. The van der Waals surface area contributed by atoms with Crippen molar-refractivity contribution in [1.82, 2.24) is 14.8 Å². The molecule has 2 aromatic carbocycles. The summed E-state index contributed by atoms with van der Waals surface area (Å²) in [6.45, 7) is 4.65. The zero-order valence-electron chi connectivity index (χ0n) is 16.4. The predicted octanol–water partition coefficient (Wildman–Crippen LogP) is 3.67. The second-order valence-corrected chi connectivity index (χ2v) is 8.00. The Morgan fingerprint density at radius 1 is 0.966 bits per heavy atom. The Morgan fingerprint density at radius 3 is 2.38 bits per heavy atom. The largest absolute Gasteiger partial charge is 0.367 e. The predicted molar refractivity (Wildman–Crippen MR) is 116 cm³/mol. The van der Waals surface area contributed by atoms with Gasteiger partial charge in [-0.25, -0.2) is 4.98 Å². The first-order chi connectivity index (χ1) is 14.3. The molecule has 1 aliphatic heterocycles. The zero-order valence-corrected chi connectivity index (χ0v) is 17.2. The summed E-state index contributed by atoms with van der Waals surface area (Å²) in [6, 6.07) is 20.2. The van der Waals surface area contributed by atoms with Gasteiger partial charge in [-0.3, -0.25) is 9.69 Å². The minimum atomic E-state index is 0.0700. The molecular formula is C23H25N3O2S. The number of rotatable bonds is 7. The smallest absolute Gasteiger partial charge is 0.248 e. The van der Waals surface area contributed by atoms with E-state index in [-0.39, 0.29) is 12.5 Å². The SMILES string of the molecule is O=C(COCc1ccccc1)N1CCN(Cc2csc(-c3ccccc3)n2)CC1. The molecule has 150 valence electrons. The van der Waals surface area contributed by atoms with Crippen molar-refractivity contribution in [3.05, 3.63) is 77.3 Å². The number of piperazine rings is 1. The number of ether oxygens (including phenoxy) is 1. The Bertz CT molecular complexity index is 906. The molecule has 0 atom stereocenters. The molecular weight excluding hydrogens is 382 g/mol. The van der Waals surface area contributed by atoms with Crippen LogP contribution in [0.5, 0.6) is 0 Å². The standard InChI is InChI=1S/C23H25N3O2S/c27-22(17-28-16-19-7-3-1-4-8-19)26-13-11-25(12-14-26)15-21-18-29-23(24-21)20-9-5-2-6-10-20/h1-10,18H,11-17H2. The van der Waals surface area contributed by atoms with Crippen LogP contribution in [0.1, 0.15) is 11.3 Å². The van der Waals surface area contributed by atoms with Crippen molar-refractivity contribution in [3.63, 3.8) is 0 Å². The molecule has 0 aliphatic carbocycles. The minimum Gasteiger partial charge on any atom is -0.367 e. The molecule has 2 heterocycles. The number of aromatic nitrogens is 1. The van der Waals surface area contributed by atoms with Crippen LogP contribution in [0.25, 0.3) is 10.6 Å². The van der Waals surface area contributed by atoms with E-state index in [1.807, 2.05) is 53.4 Å². The third-order valence-electron chi connectivity index (χ3n) is 5.02. The Kier molecular flexibility index (Phi) is 6.67. The zero-order chi connectivity index (χ0) is 19.9. The van der Waals surface area contributed by atoms with Crippen LogP contribution in [-0.2, 0) is 22.7 Å². The van der Waals surface area contributed by atoms with Gasteiger partial charge < -0.3 is 9.64 Å². The monoisotopic (exact) mass is 407 g/mol. The van der Waals surface area contributed by atoms with E-state index in [1.165, 1.54) is 0 Å². The average Bonchev–Trinajstić information content (AvgIpc) is 3.24. The Labute approximate surface area is 175 Å². The van der Waals surface area contributed by atoms with Crippen molar-refractivity contribution in [1.29, 1.82) is 0 Å². The molecule has 0 bridgehead atoms. The molecule has 1 saturated heterocycles. The minimum absolute atomic E-state index is 0.0700. The van der Waals surface area contributed by atoms with Crippen LogP contribution in [0, 0.1) is 0 Å². The highest BCUT2D eigenvalue weighted by atomic mass is 32.1. The van der Waals surface area contributed by atoms with Gasteiger partial charge in [0.1, 0.15) is 11.6 Å². The van der Waals surface area contributed by atoms with Gasteiger partial charge in [0.05, 0.1) is 12.3 Å². The maximum atomic E-state index is 12.4. The van der Waals surface area contributed by atoms with Gasteiger partial charge in [0.25, 0.3) is 0 Å². The lowest BCUT2D eigenvalue weighted by molar-refractivity contribution is -0.138. The van der Waals surface area contributed by atoms with Gasteiger partial charge in [-0.15, -0.1) is 11.3 Å². The second-order valence-electron chi connectivity index (χ2n) is 7.15. The second kappa shape index (κ2) is 9.78. The first kappa shape index (κ1) is 19.8. The normalized spacial score (nSPS) is 14.8. The third kappa shape index (κ3) is 5.50. The number of carbonyl (C=O) groups is 1. The van der Waals surface area contributed by atoms with Crippen molar-refractivity contribution < 1.29 is 9.53 Å². The van der Waals surface area contributed by atoms with Crippen LogP contribution < -0.4 is 0 Å². The molecule has 0 radical (unpaired) electrons. The van der Waals surface area contributed by atoms with E-state index in [4.69, 9.17) is 9.72 Å². The van der Waals surface area contributed by atoms with Crippen LogP contribution in [0.2, 0.25) is 0 Å². The first-order valence-electron chi connectivity index (χ1n) is 9.89. The van der Waals surface area contributed by atoms with Gasteiger partial charge in [-0.05, 0) is 5.56 Å². The lowest BCUT2D eigenvalue weighted by Crippen LogP contribution is -2.49. The van der Waals surface area contributed by atoms with Crippen molar-refractivity contribution >= 4 is 17.2 Å². The molecule has 4 rings (SSSR count). The third-order valence-corrected chi connectivity index (χ3v) is 5.96. The van der Waals surface area contributed by atoms with Crippen molar-refractivity contribution in [3.8, 4) is 10.6 Å². The molecule has 29 heavy (non-hydrogen) atoms. The van der Waals surface area contributed by atoms with Crippen LogP contribution in [-0.4, -0.2) is 53.5 Å². The highest BCUT2D eigenvalue weighted by molar-refractivity contribution is 7.13. The highest BCUT2D eigenvalue weighted by Gasteiger charge is 2.21. The first-order valence-corrected chi connectivity index (χ1v) is 10.8. The molecule has 1 aliphatic rings. The number of benzene rings is 2. The van der Waals surface area contributed by atoms with E-state index in [2.05, 4.69) is 22.4 Å². The molecule has 3 aromatic rings.